The number of Topliss-reactive ketones (excluding diaryl/α,β-unsaturated/α-hetero) is 1. The Morgan fingerprint density at radius 2 is 2.24 bits per heavy atom. The minimum Gasteiger partial charge on any atom is -0.445 e. The fourth-order valence-electron chi connectivity index (χ4n) is 2.22. The molecule has 0 aliphatic carbocycles. The van der Waals surface area contributed by atoms with E-state index in [1.54, 1.807) is 6.92 Å². The second-order valence-electron chi connectivity index (χ2n) is 4.38. The number of thiophene rings is 1. The summed E-state index contributed by atoms with van der Waals surface area (Å²) in [6.45, 7) is 2.93. The lowest BCUT2D eigenvalue weighted by molar-refractivity contribution is -0.380. The highest BCUT2D eigenvalue weighted by Gasteiger charge is 2.35. The van der Waals surface area contributed by atoms with Gasteiger partial charge < -0.3 is 10.5 Å². The lowest BCUT2D eigenvalue weighted by atomic mass is 9.86. The summed E-state index contributed by atoms with van der Waals surface area (Å²) < 4.78 is 5.23. The number of nitro groups is 1. The summed E-state index contributed by atoms with van der Waals surface area (Å²) in [5.41, 5.74) is 6.07. The normalized spacial score (nSPS) is 18.2. The Balaban J connectivity index is 2.62. The zero-order valence-electron chi connectivity index (χ0n) is 11.2. The number of ketones is 1. The van der Waals surface area contributed by atoms with Gasteiger partial charge in [0.1, 0.15) is 17.4 Å². The van der Waals surface area contributed by atoms with Crippen molar-refractivity contribution in [1.82, 2.24) is 0 Å². The first kappa shape index (κ1) is 14.7. The SMILES string of the molecule is CC(=O)C1=C(C)OC(N)=C(C#N)[C@@H]1c1ccc([N+](=O)[O-])s1. The van der Waals surface area contributed by atoms with Gasteiger partial charge in [0.2, 0.25) is 5.88 Å². The van der Waals surface area contributed by atoms with E-state index < -0.39 is 10.8 Å². The Hall–Kier alpha value is -2.66. The van der Waals surface area contributed by atoms with Crippen LogP contribution in [0.2, 0.25) is 0 Å². The Morgan fingerprint density at radius 1 is 1.57 bits per heavy atom. The van der Waals surface area contributed by atoms with Gasteiger partial charge in [-0.3, -0.25) is 14.9 Å². The van der Waals surface area contributed by atoms with Crippen molar-refractivity contribution in [3.63, 3.8) is 0 Å². The molecule has 21 heavy (non-hydrogen) atoms. The van der Waals surface area contributed by atoms with Crippen LogP contribution in [0.15, 0.2) is 34.9 Å². The Bertz CT molecular complexity index is 739. The van der Waals surface area contributed by atoms with Gasteiger partial charge in [-0.2, -0.15) is 5.26 Å². The average Bonchev–Trinajstić information content (AvgIpc) is 2.86. The topological polar surface area (TPSA) is 119 Å². The summed E-state index contributed by atoms with van der Waals surface area (Å²) in [5.74, 6) is -0.769. The molecule has 1 aromatic rings. The number of ether oxygens (including phenoxy) is 1. The van der Waals surface area contributed by atoms with Crippen molar-refractivity contribution in [2.45, 2.75) is 19.8 Å². The summed E-state index contributed by atoms with van der Waals surface area (Å²) in [4.78, 5) is 22.7. The summed E-state index contributed by atoms with van der Waals surface area (Å²) in [6.07, 6.45) is 0. The molecule has 0 bridgehead atoms. The molecule has 8 heteroatoms. The van der Waals surface area contributed by atoms with Gasteiger partial charge in [-0.15, -0.1) is 0 Å². The molecule has 0 unspecified atom stereocenters. The van der Waals surface area contributed by atoms with Crippen LogP contribution in [-0.2, 0) is 9.53 Å². The molecule has 0 amide bonds. The lowest BCUT2D eigenvalue weighted by Crippen LogP contribution is -2.22. The first-order valence-electron chi connectivity index (χ1n) is 5.90. The van der Waals surface area contributed by atoms with Gasteiger partial charge in [0.05, 0.1) is 10.8 Å². The maximum atomic E-state index is 11.9. The van der Waals surface area contributed by atoms with Gasteiger partial charge in [0, 0.05) is 16.5 Å². The van der Waals surface area contributed by atoms with E-state index in [1.807, 2.05) is 6.07 Å². The van der Waals surface area contributed by atoms with Gasteiger partial charge >= 0.3 is 5.00 Å². The van der Waals surface area contributed by atoms with Crippen LogP contribution >= 0.6 is 11.3 Å². The minimum atomic E-state index is -0.722. The molecule has 108 valence electrons. The fraction of sp³-hybridized carbons (Fsp3) is 0.231. The van der Waals surface area contributed by atoms with Crippen molar-refractivity contribution in [1.29, 1.82) is 5.26 Å². The number of allylic oxidation sites excluding steroid dienone is 3. The molecule has 7 nitrogen and oxygen atoms in total. The van der Waals surface area contributed by atoms with Crippen LogP contribution in [0.5, 0.6) is 0 Å². The minimum absolute atomic E-state index is 0.0621. The van der Waals surface area contributed by atoms with Crippen molar-refractivity contribution in [2.75, 3.05) is 0 Å². The molecule has 1 aromatic heterocycles. The van der Waals surface area contributed by atoms with Gasteiger partial charge in [0.25, 0.3) is 0 Å². The van der Waals surface area contributed by atoms with Crippen molar-refractivity contribution in [3.05, 3.63) is 49.9 Å². The first-order chi connectivity index (χ1) is 9.86. The number of nitrogens with two attached hydrogens (primary N) is 1. The second kappa shape index (κ2) is 5.38. The molecule has 1 aliphatic rings. The van der Waals surface area contributed by atoms with E-state index in [0.717, 1.165) is 11.3 Å². The molecule has 2 heterocycles. The molecule has 0 fully saturated rings. The number of carbonyl (C=O) groups is 1. The Labute approximate surface area is 124 Å². The highest BCUT2D eigenvalue weighted by molar-refractivity contribution is 7.15. The quantitative estimate of drug-likeness (QED) is 0.676. The smallest absolute Gasteiger partial charge is 0.324 e. The number of carbonyl (C=O) groups excluding carboxylic acids is 1. The molecule has 0 spiro atoms. The summed E-state index contributed by atoms with van der Waals surface area (Å²) in [7, 11) is 0. The van der Waals surface area contributed by atoms with Crippen molar-refractivity contribution in [3.8, 4) is 6.07 Å². The number of hydrogen-bond donors (Lipinski definition) is 1. The monoisotopic (exact) mass is 305 g/mol. The van der Waals surface area contributed by atoms with Gasteiger partial charge in [-0.1, -0.05) is 11.3 Å². The molecule has 1 aliphatic heterocycles. The molecular weight excluding hydrogens is 294 g/mol. The lowest BCUT2D eigenvalue weighted by Gasteiger charge is -2.25. The number of hydrogen-bond acceptors (Lipinski definition) is 7. The van der Waals surface area contributed by atoms with Crippen molar-refractivity contribution < 1.29 is 14.5 Å². The fourth-order valence-corrected chi connectivity index (χ4v) is 3.16. The Kier molecular flexibility index (Phi) is 3.78. The van der Waals surface area contributed by atoms with Crippen LogP contribution in [0, 0.1) is 21.4 Å². The van der Waals surface area contributed by atoms with E-state index in [-0.39, 0.29) is 27.8 Å². The summed E-state index contributed by atoms with van der Waals surface area (Å²) in [5, 5.41) is 20.0. The van der Waals surface area contributed by atoms with Gasteiger partial charge in [0.15, 0.2) is 5.78 Å². The average molecular weight is 305 g/mol. The predicted octanol–water partition coefficient (Wildman–Crippen LogP) is 2.33. The van der Waals surface area contributed by atoms with E-state index in [2.05, 4.69) is 0 Å². The van der Waals surface area contributed by atoms with Gasteiger partial charge in [-0.25, -0.2) is 0 Å². The van der Waals surface area contributed by atoms with E-state index in [1.165, 1.54) is 19.1 Å². The third-order valence-corrected chi connectivity index (χ3v) is 4.16. The van der Waals surface area contributed by atoms with Crippen LogP contribution in [-0.4, -0.2) is 10.7 Å². The Morgan fingerprint density at radius 3 is 2.71 bits per heavy atom. The van der Waals surface area contributed by atoms with Gasteiger partial charge in [-0.05, 0) is 19.9 Å². The van der Waals surface area contributed by atoms with E-state index >= 15 is 0 Å². The molecular formula is C13H11N3O4S. The largest absolute Gasteiger partial charge is 0.445 e. The zero-order valence-corrected chi connectivity index (χ0v) is 12.1. The molecule has 0 radical (unpaired) electrons. The molecule has 2 N–H and O–H groups in total. The van der Waals surface area contributed by atoms with Crippen LogP contribution in [0.3, 0.4) is 0 Å². The predicted molar refractivity (Wildman–Crippen MR) is 75.0 cm³/mol. The van der Waals surface area contributed by atoms with Crippen LogP contribution in [0.4, 0.5) is 5.00 Å². The first-order valence-corrected chi connectivity index (χ1v) is 6.71. The third-order valence-electron chi connectivity index (χ3n) is 3.06. The second-order valence-corrected chi connectivity index (χ2v) is 5.48. The van der Waals surface area contributed by atoms with Crippen molar-refractivity contribution >= 4 is 22.1 Å². The van der Waals surface area contributed by atoms with Crippen LogP contribution in [0.1, 0.15) is 24.6 Å². The maximum absolute atomic E-state index is 11.9. The summed E-state index contributed by atoms with van der Waals surface area (Å²) >= 11 is 0.910. The zero-order chi connectivity index (χ0) is 15.7. The molecule has 1 atom stereocenters. The molecule has 0 saturated heterocycles. The number of nitriles is 1. The van der Waals surface area contributed by atoms with E-state index in [9.17, 15) is 20.2 Å². The van der Waals surface area contributed by atoms with E-state index in [0.29, 0.717) is 10.6 Å². The standard InChI is InChI=1S/C13H11N3O4S/c1-6(17)11-7(2)20-13(15)8(5-14)12(11)9-3-4-10(21-9)16(18)19/h3-4,12H,15H2,1-2H3/t12-/m1/s1. The van der Waals surface area contributed by atoms with Crippen LogP contribution in [0.25, 0.3) is 0 Å². The van der Waals surface area contributed by atoms with Crippen LogP contribution < -0.4 is 5.73 Å². The molecule has 0 aromatic carbocycles. The van der Waals surface area contributed by atoms with Crippen molar-refractivity contribution in [2.24, 2.45) is 5.73 Å². The van der Waals surface area contributed by atoms with E-state index in [4.69, 9.17) is 10.5 Å². The number of nitrogens with zero attached hydrogens (tertiary/aromatic N) is 2. The third kappa shape index (κ3) is 2.51. The highest BCUT2D eigenvalue weighted by Crippen LogP contribution is 2.43. The molecule has 0 saturated carbocycles. The number of rotatable bonds is 3. The molecule has 2 rings (SSSR count). The maximum Gasteiger partial charge on any atom is 0.324 e. The summed E-state index contributed by atoms with van der Waals surface area (Å²) in [6, 6.07) is 4.79. The highest BCUT2D eigenvalue weighted by atomic mass is 32.1.